The fourth-order valence-electron chi connectivity index (χ4n) is 3.17. The maximum absolute atomic E-state index is 13.3. The lowest BCUT2D eigenvalue weighted by Crippen LogP contribution is -2.27. The molecular weight excluding hydrogens is 383 g/mol. The summed E-state index contributed by atoms with van der Waals surface area (Å²) < 4.78 is 15.0. The Labute approximate surface area is 173 Å². The summed E-state index contributed by atoms with van der Waals surface area (Å²) in [6, 6.07) is 15.8. The highest BCUT2D eigenvalue weighted by atomic mass is 19.1. The Balaban J connectivity index is 1.36. The Kier molecular flexibility index (Phi) is 5.93. The number of carbonyl (C=O) groups is 1. The van der Waals surface area contributed by atoms with Gasteiger partial charge in [0.15, 0.2) is 5.65 Å². The SMILES string of the molecule is O=C(NCCn1ncc2c(NCCc3ccccc3)ncnc21)c1cccc(F)c1. The van der Waals surface area contributed by atoms with Crippen molar-refractivity contribution in [2.24, 2.45) is 0 Å². The van der Waals surface area contributed by atoms with Gasteiger partial charge in [-0.3, -0.25) is 4.79 Å². The number of rotatable bonds is 8. The lowest BCUT2D eigenvalue weighted by Gasteiger charge is -2.08. The van der Waals surface area contributed by atoms with E-state index in [0.29, 0.717) is 18.7 Å². The van der Waals surface area contributed by atoms with E-state index in [-0.39, 0.29) is 11.5 Å². The zero-order valence-electron chi connectivity index (χ0n) is 16.3. The van der Waals surface area contributed by atoms with Gasteiger partial charge in [0.1, 0.15) is 18.0 Å². The third-order valence-corrected chi connectivity index (χ3v) is 4.68. The second-order valence-corrected chi connectivity index (χ2v) is 6.76. The second-order valence-electron chi connectivity index (χ2n) is 6.76. The molecule has 1 amide bonds. The number of benzene rings is 2. The van der Waals surface area contributed by atoms with Crippen molar-refractivity contribution in [1.82, 2.24) is 25.1 Å². The standard InChI is InChI=1S/C22H21FN6O/c23-18-8-4-7-17(13-18)22(30)25-11-12-29-21-19(14-28-29)20(26-15-27-21)24-10-9-16-5-2-1-3-6-16/h1-8,13-15H,9-12H2,(H,25,30)(H,24,26,27). The van der Waals surface area contributed by atoms with Crippen LogP contribution in [0.4, 0.5) is 10.2 Å². The minimum atomic E-state index is -0.440. The van der Waals surface area contributed by atoms with Crippen LogP contribution in [0.15, 0.2) is 67.1 Å². The third kappa shape index (κ3) is 4.60. The van der Waals surface area contributed by atoms with Crippen molar-refractivity contribution in [2.75, 3.05) is 18.4 Å². The molecule has 2 heterocycles. The molecule has 0 saturated heterocycles. The summed E-state index contributed by atoms with van der Waals surface area (Å²) in [7, 11) is 0. The number of aromatic nitrogens is 4. The van der Waals surface area contributed by atoms with Gasteiger partial charge in [-0.05, 0) is 30.2 Å². The van der Waals surface area contributed by atoms with Crippen molar-refractivity contribution >= 4 is 22.8 Å². The monoisotopic (exact) mass is 404 g/mol. The number of halogens is 1. The summed E-state index contributed by atoms with van der Waals surface area (Å²) >= 11 is 0. The van der Waals surface area contributed by atoms with E-state index in [2.05, 4.69) is 37.8 Å². The molecule has 0 radical (unpaired) electrons. The largest absolute Gasteiger partial charge is 0.369 e. The van der Waals surface area contributed by atoms with E-state index >= 15 is 0 Å². The first-order chi connectivity index (χ1) is 14.7. The first kappa shape index (κ1) is 19.5. The molecule has 4 rings (SSSR count). The normalized spacial score (nSPS) is 10.8. The van der Waals surface area contributed by atoms with Gasteiger partial charge in [-0.1, -0.05) is 36.4 Å². The highest BCUT2D eigenvalue weighted by Crippen LogP contribution is 2.18. The van der Waals surface area contributed by atoms with Gasteiger partial charge in [0, 0.05) is 18.7 Å². The lowest BCUT2D eigenvalue weighted by atomic mass is 10.1. The molecule has 0 saturated carbocycles. The molecule has 0 spiro atoms. The van der Waals surface area contributed by atoms with Gasteiger partial charge in [-0.25, -0.2) is 19.0 Å². The van der Waals surface area contributed by atoms with Crippen molar-refractivity contribution in [1.29, 1.82) is 0 Å². The number of carbonyl (C=O) groups excluding carboxylic acids is 1. The van der Waals surface area contributed by atoms with E-state index in [4.69, 9.17) is 0 Å². The molecule has 0 atom stereocenters. The molecule has 8 heteroatoms. The van der Waals surface area contributed by atoms with Crippen LogP contribution in [0.5, 0.6) is 0 Å². The average molecular weight is 404 g/mol. The molecular formula is C22H21FN6O. The van der Waals surface area contributed by atoms with Crippen LogP contribution in [0.3, 0.4) is 0 Å². The highest BCUT2D eigenvalue weighted by Gasteiger charge is 2.11. The van der Waals surface area contributed by atoms with Crippen molar-refractivity contribution in [3.8, 4) is 0 Å². The zero-order chi connectivity index (χ0) is 20.8. The summed E-state index contributed by atoms with van der Waals surface area (Å²) in [4.78, 5) is 20.8. The Hall–Kier alpha value is -3.81. The van der Waals surface area contributed by atoms with Gasteiger partial charge in [-0.15, -0.1) is 0 Å². The topological polar surface area (TPSA) is 84.7 Å². The molecule has 0 aliphatic carbocycles. The number of hydrogen-bond donors (Lipinski definition) is 2. The minimum absolute atomic E-state index is 0.285. The fourth-order valence-corrected chi connectivity index (χ4v) is 3.17. The van der Waals surface area contributed by atoms with Crippen molar-refractivity contribution in [3.63, 3.8) is 0 Å². The van der Waals surface area contributed by atoms with E-state index in [1.807, 2.05) is 18.2 Å². The number of nitrogens with one attached hydrogen (secondary N) is 2. The number of fused-ring (bicyclic) bond motifs is 1. The molecule has 4 aromatic rings. The molecule has 0 unspecified atom stereocenters. The third-order valence-electron chi connectivity index (χ3n) is 4.68. The first-order valence-corrected chi connectivity index (χ1v) is 9.69. The van der Waals surface area contributed by atoms with Crippen LogP contribution in [0.1, 0.15) is 15.9 Å². The van der Waals surface area contributed by atoms with Gasteiger partial charge in [0.2, 0.25) is 0 Å². The number of hydrogen-bond acceptors (Lipinski definition) is 5. The van der Waals surface area contributed by atoms with Crippen LogP contribution in [0.25, 0.3) is 11.0 Å². The highest BCUT2D eigenvalue weighted by molar-refractivity contribution is 5.94. The van der Waals surface area contributed by atoms with Crippen LogP contribution < -0.4 is 10.6 Å². The van der Waals surface area contributed by atoms with Gasteiger partial charge < -0.3 is 10.6 Å². The van der Waals surface area contributed by atoms with Crippen LogP contribution in [-0.4, -0.2) is 38.7 Å². The van der Waals surface area contributed by atoms with E-state index in [1.165, 1.54) is 30.1 Å². The van der Waals surface area contributed by atoms with Crippen molar-refractivity contribution in [3.05, 3.63) is 84.1 Å². The van der Waals surface area contributed by atoms with Crippen molar-refractivity contribution in [2.45, 2.75) is 13.0 Å². The summed E-state index contributed by atoms with van der Waals surface area (Å²) in [6.07, 6.45) is 4.10. The van der Waals surface area contributed by atoms with Gasteiger partial charge in [0.25, 0.3) is 5.91 Å². The van der Waals surface area contributed by atoms with E-state index in [1.54, 1.807) is 16.9 Å². The zero-order valence-corrected chi connectivity index (χ0v) is 16.3. The molecule has 2 aromatic carbocycles. The molecule has 0 aliphatic rings. The number of nitrogens with zero attached hydrogens (tertiary/aromatic N) is 4. The van der Waals surface area contributed by atoms with E-state index in [0.717, 1.165) is 24.2 Å². The molecule has 7 nitrogen and oxygen atoms in total. The Morgan fingerprint density at radius 3 is 2.73 bits per heavy atom. The van der Waals surface area contributed by atoms with Crippen molar-refractivity contribution < 1.29 is 9.18 Å². The molecule has 0 bridgehead atoms. The Morgan fingerprint density at radius 2 is 1.90 bits per heavy atom. The molecule has 152 valence electrons. The van der Waals surface area contributed by atoms with E-state index < -0.39 is 5.82 Å². The lowest BCUT2D eigenvalue weighted by molar-refractivity contribution is 0.0951. The quantitative estimate of drug-likeness (QED) is 0.472. The van der Waals surface area contributed by atoms with E-state index in [9.17, 15) is 9.18 Å². The molecule has 2 N–H and O–H groups in total. The maximum atomic E-state index is 13.3. The smallest absolute Gasteiger partial charge is 0.251 e. The summed E-state index contributed by atoms with van der Waals surface area (Å²) in [5, 5.41) is 11.3. The predicted molar refractivity (Wildman–Crippen MR) is 113 cm³/mol. The molecule has 30 heavy (non-hydrogen) atoms. The number of amides is 1. The van der Waals surface area contributed by atoms with Gasteiger partial charge >= 0.3 is 0 Å². The summed E-state index contributed by atoms with van der Waals surface area (Å²) in [5.74, 6) is -0.0421. The van der Waals surface area contributed by atoms with Crippen LogP contribution >= 0.6 is 0 Å². The predicted octanol–water partition coefficient (Wildman–Crippen LogP) is 3.05. The Morgan fingerprint density at radius 1 is 1.03 bits per heavy atom. The molecule has 2 aromatic heterocycles. The molecule has 0 fully saturated rings. The van der Waals surface area contributed by atoms with Crippen LogP contribution in [0.2, 0.25) is 0 Å². The average Bonchev–Trinajstić information content (AvgIpc) is 3.18. The number of anilines is 1. The van der Waals surface area contributed by atoms with Gasteiger partial charge in [0.05, 0.1) is 18.1 Å². The summed E-state index contributed by atoms with van der Waals surface area (Å²) in [5.41, 5.74) is 2.22. The van der Waals surface area contributed by atoms with Gasteiger partial charge in [-0.2, -0.15) is 5.10 Å². The minimum Gasteiger partial charge on any atom is -0.369 e. The Bertz CT molecular complexity index is 1140. The van der Waals surface area contributed by atoms with Crippen LogP contribution in [-0.2, 0) is 13.0 Å². The molecule has 0 aliphatic heterocycles. The van der Waals surface area contributed by atoms with Crippen LogP contribution in [0, 0.1) is 5.82 Å². The summed E-state index contributed by atoms with van der Waals surface area (Å²) in [6.45, 7) is 1.52. The second kappa shape index (κ2) is 9.13. The maximum Gasteiger partial charge on any atom is 0.251 e. The fraction of sp³-hybridized carbons (Fsp3) is 0.182. The first-order valence-electron chi connectivity index (χ1n) is 9.69.